The first-order chi connectivity index (χ1) is 9.11. The van der Waals surface area contributed by atoms with Gasteiger partial charge in [0.15, 0.2) is 0 Å². The lowest BCUT2D eigenvalue weighted by Gasteiger charge is -2.28. The molecular formula is C15H20BrNOS. The van der Waals surface area contributed by atoms with Crippen LogP contribution in [-0.4, -0.2) is 23.5 Å². The largest absolute Gasteiger partial charge is 0.349 e. The van der Waals surface area contributed by atoms with Crippen LogP contribution in [0.3, 0.4) is 0 Å². The first kappa shape index (κ1) is 14.9. The zero-order valence-corrected chi connectivity index (χ0v) is 13.8. The highest BCUT2D eigenvalue weighted by atomic mass is 79.9. The van der Waals surface area contributed by atoms with Gasteiger partial charge in [-0.3, -0.25) is 4.79 Å². The van der Waals surface area contributed by atoms with Crippen LogP contribution >= 0.6 is 27.7 Å². The third-order valence-corrected chi connectivity index (χ3v) is 5.85. The molecule has 1 aromatic carbocycles. The predicted octanol–water partition coefficient (Wildman–Crippen LogP) is 4.16. The lowest BCUT2D eigenvalue weighted by molar-refractivity contribution is 0.0927. The fraction of sp³-hybridized carbons (Fsp3) is 0.533. The summed E-state index contributed by atoms with van der Waals surface area (Å²) in [6.07, 6.45) is 6.80. The van der Waals surface area contributed by atoms with Crippen LogP contribution in [0.15, 0.2) is 22.7 Å². The standard InChI is InChI=1S/C15H20BrNOS/c1-10-13(4-3-5-14(10)16)15(18)17-11-6-8-12(19-2)9-7-11/h3-5,11-12H,6-9H2,1-2H3,(H,17,18). The molecule has 1 aromatic rings. The van der Waals surface area contributed by atoms with Crippen molar-refractivity contribution in [1.29, 1.82) is 0 Å². The van der Waals surface area contributed by atoms with Crippen molar-refractivity contribution in [1.82, 2.24) is 5.32 Å². The second-order valence-corrected chi connectivity index (χ2v) is 7.09. The second kappa shape index (κ2) is 6.80. The molecule has 1 N–H and O–H groups in total. The molecule has 0 aliphatic heterocycles. The van der Waals surface area contributed by atoms with E-state index >= 15 is 0 Å². The number of halogens is 1. The highest BCUT2D eigenvalue weighted by Gasteiger charge is 2.22. The third kappa shape index (κ3) is 3.76. The Hall–Kier alpha value is -0.480. The number of carbonyl (C=O) groups excluding carboxylic acids is 1. The second-order valence-electron chi connectivity index (χ2n) is 5.10. The SMILES string of the molecule is CSC1CCC(NC(=O)c2cccc(Br)c2C)CC1. The number of benzene rings is 1. The van der Waals surface area contributed by atoms with E-state index in [4.69, 9.17) is 0 Å². The molecule has 4 heteroatoms. The third-order valence-electron chi connectivity index (χ3n) is 3.86. The van der Waals surface area contributed by atoms with E-state index in [1.165, 1.54) is 12.8 Å². The molecule has 1 aliphatic rings. The van der Waals surface area contributed by atoms with E-state index in [0.717, 1.165) is 33.7 Å². The van der Waals surface area contributed by atoms with Crippen LogP contribution in [0, 0.1) is 6.92 Å². The predicted molar refractivity (Wildman–Crippen MR) is 85.9 cm³/mol. The maximum absolute atomic E-state index is 12.3. The van der Waals surface area contributed by atoms with Gasteiger partial charge in [0.1, 0.15) is 0 Å². The lowest BCUT2D eigenvalue weighted by atomic mass is 9.94. The van der Waals surface area contributed by atoms with Gasteiger partial charge in [0.2, 0.25) is 0 Å². The van der Waals surface area contributed by atoms with E-state index in [2.05, 4.69) is 27.5 Å². The van der Waals surface area contributed by atoms with Crippen molar-refractivity contribution >= 4 is 33.6 Å². The average Bonchev–Trinajstić information content (AvgIpc) is 2.42. The molecule has 0 saturated heterocycles. The summed E-state index contributed by atoms with van der Waals surface area (Å²) in [5.74, 6) is 0.0615. The summed E-state index contributed by atoms with van der Waals surface area (Å²) in [5, 5.41) is 3.96. The molecule has 0 radical (unpaired) electrons. The van der Waals surface area contributed by atoms with Gasteiger partial charge in [0, 0.05) is 21.3 Å². The van der Waals surface area contributed by atoms with Gasteiger partial charge in [-0.25, -0.2) is 0 Å². The van der Waals surface area contributed by atoms with E-state index < -0.39 is 0 Å². The molecule has 1 amide bonds. The fourth-order valence-corrected chi connectivity index (χ4v) is 3.67. The summed E-state index contributed by atoms with van der Waals surface area (Å²) in [7, 11) is 0. The zero-order chi connectivity index (χ0) is 13.8. The van der Waals surface area contributed by atoms with Gasteiger partial charge in [-0.1, -0.05) is 22.0 Å². The normalized spacial score (nSPS) is 23.1. The minimum atomic E-state index is 0.0615. The minimum absolute atomic E-state index is 0.0615. The summed E-state index contributed by atoms with van der Waals surface area (Å²) >= 11 is 5.42. The van der Waals surface area contributed by atoms with Crippen LogP contribution in [-0.2, 0) is 0 Å². The first-order valence-corrected chi connectivity index (χ1v) is 8.78. The number of carbonyl (C=O) groups is 1. The smallest absolute Gasteiger partial charge is 0.251 e. The van der Waals surface area contributed by atoms with Crippen molar-refractivity contribution < 1.29 is 4.79 Å². The number of thioether (sulfide) groups is 1. The Labute approximate surface area is 127 Å². The molecule has 2 rings (SSSR count). The molecule has 1 aliphatic carbocycles. The molecule has 0 unspecified atom stereocenters. The van der Waals surface area contributed by atoms with Crippen LogP contribution < -0.4 is 5.32 Å². The molecule has 1 fully saturated rings. The van der Waals surface area contributed by atoms with Crippen LogP contribution in [0.4, 0.5) is 0 Å². The van der Waals surface area contributed by atoms with E-state index in [-0.39, 0.29) is 5.91 Å². The molecular weight excluding hydrogens is 322 g/mol. The minimum Gasteiger partial charge on any atom is -0.349 e. The molecule has 1 saturated carbocycles. The number of hydrogen-bond acceptors (Lipinski definition) is 2. The van der Waals surface area contributed by atoms with Crippen molar-refractivity contribution in [3.05, 3.63) is 33.8 Å². The molecule has 2 nitrogen and oxygen atoms in total. The van der Waals surface area contributed by atoms with Gasteiger partial charge in [-0.05, 0) is 56.6 Å². The summed E-state index contributed by atoms with van der Waals surface area (Å²) in [6, 6.07) is 6.12. The maximum atomic E-state index is 12.3. The summed E-state index contributed by atoms with van der Waals surface area (Å²) < 4.78 is 0.992. The fourth-order valence-electron chi connectivity index (χ4n) is 2.56. The highest BCUT2D eigenvalue weighted by Crippen LogP contribution is 2.27. The molecule has 0 bridgehead atoms. The molecule has 0 aromatic heterocycles. The van der Waals surface area contributed by atoms with Gasteiger partial charge in [-0.2, -0.15) is 11.8 Å². The summed E-state index contributed by atoms with van der Waals surface area (Å²) in [4.78, 5) is 12.3. The van der Waals surface area contributed by atoms with Crippen molar-refractivity contribution in [2.45, 2.75) is 43.9 Å². The Bertz CT molecular complexity index is 455. The highest BCUT2D eigenvalue weighted by molar-refractivity contribution is 9.10. The van der Waals surface area contributed by atoms with Crippen LogP contribution in [0.25, 0.3) is 0 Å². The van der Waals surface area contributed by atoms with E-state index in [1.54, 1.807) is 0 Å². The van der Waals surface area contributed by atoms with Crippen LogP contribution in [0.2, 0.25) is 0 Å². The van der Waals surface area contributed by atoms with E-state index in [9.17, 15) is 4.79 Å². The maximum Gasteiger partial charge on any atom is 0.251 e. The van der Waals surface area contributed by atoms with Crippen LogP contribution in [0.5, 0.6) is 0 Å². The lowest BCUT2D eigenvalue weighted by Crippen LogP contribution is -2.38. The molecule has 0 spiro atoms. The van der Waals surface area contributed by atoms with Gasteiger partial charge in [0.25, 0.3) is 5.91 Å². The molecule has 0 atom stereocenters. The molecule has 104 valence electrons. The van der Waals surface area contributed by atoms with Crippen molar-refractivity contribution in [3.8, 4) is 0 Å². The van der Waals surface area contributed by atoms with Crippen molar-refractivity contribution in [2.75, 3.05) is 6.26 Å². The number of rotatable bonds is 3. The summed E-state index contributed by atoms with van der Waals surface area (Å²) in [5.41, 5.74) is 1.79. The Kier molecular flexibility index (Phi) is 5.34. The Morgan fingerprint density at radius 1 is 1.32 bits per heavy atom. The van der Waals surface area contributed by atoms with Gasteiger partial charge >= 0.3 is 0 Å². The van der Waals surface area contributed by atoms with E-state index in [1.807, 2.05) is 36.9 Å². The Balaban J connectivity index is 1.96. The van der Waals surface area contributed by atoms with Gasteiger partial charge in [0.05, 0.1) is 0 Å². The summed E-state index contributed by atoms with van der Waals surface area (Å²) in [6.45, 7) is 1.98. The topological polar surface area (TPSA) is 29.1 Å². The Morgan fingerprint density at radius 2 is 2.00 bits per heavy atom. The Morgan fingerprint density at radius 3 is 2.63 bits per heavy atom. The average molecular weight is 342 g/mol. The van der Waals surface area contributed by atoms with Gasteiger partial charge in [-0.15, -0.1) is 0 Å². The van der Waals surface area contributed by atoms with Crippen molar-refractivity contribution in [2.24, 2.45) is 0 Å². The van der Waals surface area contributed by atoms with Crippen molar-refractivity contribution in [3.63, 3.8) is 0 Å². The molecule has 19 heavy (non-hydrogen) atoms. The van der Waals surface area contributed by atoms with Crippen LogP contribution in [0.1, 0.15) is 41.6 Å². The zero-order valence-electron chi connectivity index (χ0n) is 11.4. The number of amides is 1. The monoisotopic (exact) mass is 341 g/mol. The first-order valence-electron chi connectivity index (χ1n) is 6.70. The van der Waals surface area contributed by atoms with E-state index in [0.29, 0.717) is 6.04 Å². The van der Waals surface area contributed by atoms with Gasteiger partial charge < -0.3 is 5.32 Å². The number of hydrogen-bond donors (Lipinski definition) is 1. The molecule has 0 heterocycles. The number of nitrogens with one attached hydrogen (secondary N) is 1. The quantitative estimate of drug-likeness (QED) is 0.894.